The number of hydroxylamine groups is 7. The van der Waals surface area contributed by atoms with Gasteiger partial charge in [0.2, 0.25) is 71.4 Å². The zero-order chi connectivity index (χ0) is 86.2. The summed E-state index contributed by atoms with van der Waals surface area (Å²) in [5.41, 5.74) is 21.3. The van der Waals surface area contributed by atoms with Crippen LogP contribution in [0, 0.1) is 41.4 Å². The van der Waals surface area contributed by atoms with Gasteiger partial charge in [-0.1, -0.05) is 203 Å². The minimum Gasteiger partial charge on any atom is -0.359 e. The molecule has 32 nitrogen and oxygen atoms in total. The molecule has 0 spiro atoms. The van der Waals surface area contributed by atoms with Crippen molar-refractivity contribution in [1.82, 2.24) is 37.4 Å². The van der Waals surface area contributed by atoms with Crippen LogP contribution in [0.2, 0.25) is 0 Å². The number of carbonyl (C=O) groups excluding carboxylic acids is 12. The number of anilines is 7. The molecule has 0 saturated carbocycles. The SMILES string of the molecule is C.C.C.C.C.C=C1Nc2ccccc2CCC1CC(=O)NO.CC(C)CCN1C(=O)C(CC(=O)NO)Cc2ccccc21.O=C(CC1Cc2ccccc2N(CC(=O)Nc2ccccn2)C1=O)NO.O=C(CC1Cc2ccccc2N(Cc2ccccc2)C1=O)NO.O=C(CC1Cc2ccccc2NC1=O)NO.O=CN(O)CC1CCc2ccccc2NC1=O. The van der Waals surface area contributed by atoms with Crippen LogP contribution in [-0.2, 0) is 103 Å². The van der Waals surface area contributed by atoms with E-state index in [1.54, 1.807) is 68.2 Å². The monoisotopic (exact) mass is 1720 g/mol. The van der Waals surface area contributed by atoms with Crippen LogP contribution in [-0.4, -0.2) is 132 Å². The van der Waals surface area contributed by atoms with Crippen LogP contribution in [0.5, 0.6) is 0 Å². The van der Waals surface area contributed by atoms with Crippen LogP contribution >= 0.6 is 0 Å². The number of hydrogen-bond acceptors (Lipinski definition) is 20. The molecule has 0 fully saturated rings. The minimum atomic E-state index is -0.639. The zero-order valence-electron chi connectivity index (χ0n) is 66.4. The molecule has 6 atom stereocenters. The van der Waals surface area contributed by atoms with Crippen molar-refractivity contribution in [3.8, 4) is 0 Å². The lowest BCUT2D eigenvalue weighted by Gasteiger charge is -2.34. The predicted molar refractivity (Wildman–Crippen MR) is 477 cm³/mol. The lowest BCUT2D eigenvalue weighted by Crippen LogP contribution is -2.46. The summed E-state index contributed by atoms with van der Waals surface area (Å²) in [5, 5.41) is 64.2. The van der Waals surface area contributed by atoms with Gasteiger partial charge in [0.15, 0.2) is 0 Å². The number of para-hydroxylation sites is 6. The maximum atomic E-state index is 12.8. The Hall–Kier alpha value is -13.4. The van der Waals surface area contributed by atoms with E-state index in [2.05, 4.69) is 52.7 Å². The Morgan fingerprint density at radius 2 is 0.800 bits per heavy atom. The molecule has 32 heteroatoms. The highest BCUT2D eigenvalue weighted by atomic mass is 16.5. The molecule has 0 bridgehead atoms. The van der Waals surface area contributed by atoms with E-state index in [9.17, 15) is 57.5 Å². The molecule has 6 unspecified atom stereocenters. The first kappa shape index (κ1) is 104. The number of carbonyl (C=O) groups is 12. The van der Waals surface area contributed by atoms with Crippen LogP contribution in [0.25, 0.3) is 0 Å². The number of nitrogens with one attached hydrogen (secondary N) is 9. The number of amides is 12. The molecule has 670 valence electrons. The van der Waals surface area contributed by atoms with Crippen molar-refractivity contribution in [1.29, 1.82) is 0 Å². The first-order valence-corrected chi connectivity index (χ1v) is 39.2. The molecular formula is C93H120N14O18. The van der Waals surface area contributed by atoms with Gasteiger partial charge in [-0.25, -0.2) is 37.4 Å². The number of aromatic nitrogens is 1. The van der Waals surface area contributed by atoms with Crippen LogP contribution in [0.3, 0.4) is 0 Å². The molecule has 8 aromatic rings. The number of aryl methyl sites for hydroxylation is 2. The normalized spacial score (nSPS) is 16.9. The Morgan fingerprint density at radius 1 is 0.440 bits per heavy atom. The van der Waals surface area contributed by atoms with Crippen molar-refractivity contribution in [2.45, 2.75) is 147 Å². The van der Waals surface area contributed by atoms with E-state index >= 15 is 0 Å². The number of allylic oxidation sites excluding steroid dienone is 1. The number of hydrogen-bond donors (Lipinski definition) is 15. The van der Waals surface area contributed by atoms with Crippen molar-refractivity contribution in [2.75, 3.05) is 55.6 Å². The number of benzene rings is 7. The van der Waals surface area contributed by atoms with Crippen molar-refractivity contribution in [3.05, 3.63) is 252 Å². The van der Waals surface area contributed by atoms with Gasteiger partial charge in [-0.05, 0) is 151 Å². The second-order valence-corrected chi connectivity index (χ2v) is 29.8. The van der Waals surface area contributed by atoms with Crippen LogP contribution in [0.4, 0.5) is 39.9 Å². The van der Waals surface area contributed by atoms with Gasteiger partial charge in [-0.2, -0.15) is 0 Å². The third-order valence-corrected chi connectivity index (χ3v) is 20.8. The van der Waals surface area contributed by atoms with Gasteiger partial charge in [0, 0.05) is 90.6 Å². The van der Waals surface area contributed by atoms with Crippen molar-refractivity contribution >= 4 is 111 Å². The first-order valence-electron chi connectivity index (χ1n) is 39.2. The minimum absolute atomic E-state index is 0. The second kappa shape index (κ2) is 52.2. The topological polar surface area (TPSA) is 460 Å². The standard InChI is InChI=1S/C18H18N4O4.C18H18N2O3.C16H22N2O3.C13H16N2O2.C12H14N2O3.C11H12N2O3.5CH4/c23-16(21-26)10-13-9-12-5-1-2-6-14(12)22(18(13)25)11-17(24)20-15-7-3-4-8-19-15;21-17(19-23)11-15-10-14-8-4-5-9-16(14)20(18(15)22)12-13-6-2-1-3-7-13;1-11(2)7-8-18-14-6-4-3-5-12(14)9-13(16(18)20)10-15(19)17-21;1-9-11(8-13(16)15-17)7-6-10-4-2-3-5-12(10)14-9;15-8-14(17)7-10-6-5-9-3-1-2-4-11(9)13-12(10)16;14-10(13-16)6-8-5-7-3-1-2-4-9(7)12-11(8)15;;;;;/h1-8,13,26H,9-11H2,(H,21,23)(H,19,20,24);1-9,15,23H,10-12H2,(H,19,21);3-6,11,13,21H,7-10H2,1-2H3,(H,17,19);2-5,11,14,17H,1,6-8H2,(H,15,16);1-4,8,10,17H,5-7H2,(H,13,16);1-4,8,16H,5-6H2,(H,12,15)(H,13,14);5*1H4. The molecule has 14 rings (SSSR count). The summed E-state index contributed by atoms with van der Waals surface area (Å²) >= 11 is 0. The first-order chi connectivity index (χ1) is 57.9. The molecule has 125 heavy (non-hydrogen) atoms. The summed E-state index contributed by atoms with van der Waals surface area (Å²) in [6, 6.07) is 60.8. The number of nitrogens with zero attached hydrogens (tertiary/aromatic N) is 5. The lowest BCUT2D eigenvalue weighted by atomic mass is 9.88. The third kappa shape index (κ3) is 30.3. The fraction of sp³-hybridized carbons (Fsp3) is 0.344. The van der Waals surface area contributed by atoms with Crippen molar-refractivity contribution < 1.29 is 88.8 Å². The molecule has 6 aliphatic rings. The lowest BCUT2D eigenvalue weighted by molar-refractivity contribution is -0.154. The summed E-state index contributed by atoms with van der Waals surface area (Å²) in [5.74, 6) is -5.12. The van der Waals surface area contributed by atoms with E-state index in [1.165, 1.54) is 15.9 Å². The maximum absolute atomic E-state index is 12.8. The number of pyridine rings is 1. The van der Waals surface area contributed by atoms with Gasteiger partial charge in [-0.3, -0.25) is 88.8 Å². The molecule has 0 aliphatic carbocycles. The van der Waals surface area contributed by atoms with E-state index in [1.807, 2.05) is 158 Å². The van der Waals surface area contributed by atoms with Gasteiger partial charge in [0.05, 0.1) is 42.7 Å². The largest absolute Gasteiger partial charge is 0.359 e. The predicted octanol–water partition coefficient (Wildman–Crippen LogP) is 12.5. The quantitative estimate of drug-likeness (QED) is 0.0180. The van der Waals surface area contributed by atoms with Crippen molar-refractivity contribution in [2.24, 2.45) is 41.4 Å². The molecule has 0 saturated heterocycles. The highest BCUT2D eigenvalue weighted by molar-refractivity contribution is 6.06. The highest BCUT2D eigenvalue weighted by Crippen LogP contribution is 2.37. The second-order valence-electron chi connectivity index (χ2n) is 29.8. The Kier molecular flexibility index (Phi) is 43.4. The highest BCUT2D eigenvalue weighted by Gasteiger charge is 2.38. The average molecular weight is 1720 g/mol. The zero-order valence-corrected chi connectivity index (χ0v) is 66.4. The summed E-state index contributed by atoms with van der Waals surface area (Å²) in [4.78, 5) is 150. The molecule has 12 amide bonds. The average Bonchev–Trinajstić information content (AvgIpc) is 1.09. The van der Waals surface area contributed by atoms with Gasteiger partial charge in [0.25, 0.3) is 0 Å². The fourth-order valence-corrected chi connectivity index (χ4v) is 14.7. The summed E-state index contributed by atoms with van der Waals surface area (Å²) in [6.07, 6.45) is 7.98. The molecule has 7 heterocycles. The van der Waals surface area contributed by atoms with Gasteiger partial charge < -0.3 is 36.0 Å². The van der Waals surface area contributed by atoms with Gasteiger partial charge >= 0.3 is 0 Å². The van der Waals surface area contributed by atoms with Crippen LogP contribution in [0.1, 0.15) is 141 Å². The smallest absolute Gasteiger partial charge is 0.245 e. The number of rotatable bonds is 21. The molecule has 6 aliphatic heterocycles. The van der Waals surface area contributed by atoms with Crippen molar-refractivity contribution in [3.63, 3.8) is 0 Å². The molecule has 15 N–H and O–H groups in total. The summed E-state index contributed by atoms with van der Waals surface area (Å²) in [7, 11) is 0. The summed E-state index contributed by atoms with van der Waals surface area (Å²) < 4.78 is 0. The van der Waals surface area contributed by atoms with Crippen LogP contribution in [0.15, 0.2) is 213 Å². The van der Waals surface area contributed by atoms with E-state index in [0.717, 1.165) is 93.2 Å². The Balaban J connectivity index is 0.000000315. The number of fused-ring (bicyclic) bond motifs is 6. The third-order valence-electron chi connectivity index (χ3n) is 20.8. The fourth-order valence-electron chi connectivity index (χ4n) is 14.7. The van der Waals surface area contributed by atoms with E-state index in [-0.39, 0.29) is 136 Å². The molecular weight excluding hydrogens is 1600 g/mol. The van der Waals surface area contributed by atoms with Gasteiger partial charge in [0.1, 0.15) is 12.4 Å². The van der Waals surface area contributed by atoms with E-state index in [4.69, 9.17) is 31.2 Å². The molecule has 0 radical (unpaired) electrons. The van der Waals surface area contributed by atoms with E-state index in [0.29, 0.717) is 74.1 Å². The molecule has 7 aromatic carbocycles. The Labute approximate surface area is 730 Å². The molecule has 1 aromatic heterocycles. The Bertz CT molecular complexity index is 4920. The maximum Gasteiger partial charge on any atom is 0.245 e. The van der Waals surface area contributed by atoms with E-state index < -0.39 is 47.3 Å². The van der Waals surface area contributed by atoms with Crippen LogP contribution < -0.4 is 63.4 Å². The van der Waals surface area contributed by atoms with Gasteiger partial charge in [-0.15, -0.1) is 0 Å². The Morgan fingerprint density at radius 3 is 1.26 bits per heavy atom. The summed E-state index contributed by atoms with van der Waals surface area (Å²) in [6.45, 7) is 9.18.